The van der Waals surface area contributed by atoms with Gasteiger partial charge < -0.3 is 15.5 Å². The summed E-state index contributed by atoms with van der Waals surface area (Å²) in [5.74, 6) is 0.215. The van der Waals surface area contributed by atoms with Crippen LogP contribution in [-0.2, 0) is 0 Å². The van der Waals surface area contributed by atoms with E-state index >= 15 is 0 Å². The quantitative estimate of drug-likeness (QED) is 0.769. The van der Waals surface area contributed by atoms with Gasteiger partial charge in [0.1, 0.15) is 5.75 Å². The number of rotatable bonds is 4. The maximum Gasteiger partial charge on any atom is 0.115 e. The number of hydrogen-bond acceptors (Lipinski definition) is 3. The maximum atomic E-state index is 10.4. The summed E-state index contributed by atoms with van der Waals surface area (Å²) < 4.78 is 0. The van der Waals surface area contributed by atoms with Crippen molar-refractivity contribution in [2.75, 3.05) is 0 Å². The lowest BCUT2D eigenvalue weighted by atomic mass is 9.90. The third-order valence-electron chi connectivity index (χ3n) is 3.75. The van der Waals surface area contributed by atoms with Gasteiger partial charge in [-0.25, -0.2) is 0 Å². The van der Waals surface area contributed by atoms with Crippen molar-refractivity contribution in [1.29, 1.82) is 0 Å². The van der Waals surface area contributed by atoms with E-state index in [1.807, 2.05) is 6.07 Å². The number of nitrogens with one attached hydrogen (secondary N) is 1. The van der Waals surface area contributed by atoms with Crippen molar-refractivity contribution >= 4 is 0 Å². The number of hydrogen-bond donors (Lipinski definition) is 3. The van der Waals surface area contributed by atoms with Crippen LogP contribution < -0.4 is 5.32 Å². The van der Waals surface area contributed by atoms with E-state index in [2.05, 4.69) is 12.2 Å². The van der Waals surface area contributed by atoms with Crippen LogP contribution in [0.2, 0.25) is 0 Å². The van der Waals surface area contributed by atoms with Gasteiger partial charge in [0, 0.05) is 12.1 Å². The van der Waals surface area contributed by atoms with E-state index in [4.69, 9.17) is 0 Å². The molecule has 3 nitrogen and oxygen atoms in total. The van der Waals surface area contributed by atoms with E-state index in [-0.39, 0.29) is 11.8 Å². The first kappa shape index (κ1) is 13.4. The van der Waals surface area contributed by atoms with Gasteiger partial charge in [0.2, 0.25) is 0 Å². The second-order valence-electron chi connectivity index (χ2n) is 5.23. The Hall–Kier alpha value is -1.06. The summed E-state index contributed by atoms with van der Waals surface area (Å²) in [7, 11) is 0. The monoisotopic (exact) mass is 249 g/mol. The Morgan fingerprint density at radius 1 is 1.39 bits per heavy atom. The molecular weight excluding hydrogens is 226 g/mol. The van der Waals surface area contributed by atoms with Crippen molar-refractivity contribution in [3.05, 3.63) is 29.8 Å². The van der Waals surface area contributed by atoms with E-state index in [0.717, 1.165) is 18.4 Å². The Morgan fingerprint density at radius 2 is 2.22 bits per heavy atom. The van der Waals surface area contributed by atoms with Crippen molar-refractivity contribution in [3.8, 4) is 5.75 Å². The number of aliphatic hydroxyl groups is 1. The van der Waals surface area contributed by atoms with Crippen LogP contribution >= 0.6 is 0 Å². The lowest BCUT2D eigenvalue weighted by molar-refractivity contribution is 0.0996. The lowest BCUT2D eigenvalue weighted by Crippen LogP contribution is -2.45. The Morgan fingerprint density at radius 3 is 2.94 bits per heavy atom. The van der Waals surface area contributed by atoms with Gasteiger partial charge in [-0.1, -0.05) is 31.9 Å². The average molecular weight is 249 g/mol. The summed E-state index contributed by atoms with van der Waals surface area (Å²) in [4.78, 5) is 0. The number of aromatic hydroxyl groups is 1. The lowest BCUT2D eigenvalue weighted by Gasteiger charge is -2.34. The third kappa shape index (κ3) is 3.24. The van der Waals surface area contributed by atoms with Gasteiger partial charge in [-0.15, -0.1) is 0 Å². The third-order valence-corrected chi connectivity index (χ3v) is 3.75. The summed E-state index contributed by atoms with van der Waals surface area (Å²) in [6.07, 6.45) is 5.18. The van der Waals surface area contributed by atoms with E-state index in [0.29, 0.717) is 6.04 Å². The predicted octanol–water partition coefficient (Wildman–Crippen LogP) is 2.74. The van der Waals surface area contributed by atoms with Gasteiger partial charge >= 0.3 is 0 Å². The minimum Gasteiger partial charge on any atom is -0.508 e. The summed E-state index contributed by atoms with van der Waals surface area (Å²) in [5, 5.41) is 23.4. The molecule has 0 saturated carbocycles. The van der Waals surface area contributed by atoms with Crippen molar-refractivity contribution < 1.29 is 10.2 Å². The first-order chi connectivity index (χ1) is 8.70. The maximum absolute atomic E-state index is 10.4. The van der Waals surface area contributed by atoms with Crippen molar-refractivity contribution in [3.63, 3.8) is 0 Å². The van der Waals surface area contributed by atoms with Gasteiger partial charge in [0.25, 0.3) is 0 Å². The molecule has 0 amide bonds. The zero-order chi connectivity index (χ0) is 13.0. The van der Waals surface area contributed by atoms with E-state index in [1.54, 1.807) is 18.2 Å². The zero-order valence-corrected chi connectivity index (χ0v) is 11.0. The first-order valence-electron chi connectivity index (χ1n) is 6.93. The Balaban J connectivity index is 2.02. The highest BCUT2D eigenvalue weighted by Gasteiger charge is 2.27. The molecule has 1 fully saturated rings. The van der Waals surface area contributed by atoms with Crippen LogP contribution in [0.25, 0.3) is 0 Å². The fourth-order valence-electron chi connectivity index (χ4n) is 2.82. The Bertz CT molecular complexity index is 379. The van der Waals surface area contributed by atoms with E-state index < -0.39 is 6.10 Å². The number of benzene rings is 1. The molecule has 1 saturated heterocycles. The Kier molecular flexibility index (Phi) is 4.61. The zero-order valence-electron chi connectivity index (χ0n) is 11.0. The van der Waals surface area contributed by atoms with Gasteiger partial charge in [-0.05, 0) is 37.0 Å². The van der Waals surface area contributed by atoms with E-state index in [9.17, 15) is 10.2 Å². The molecule has 3 heteroatoms. The van der Waals surface area contributed by atoms with Crippen LogP contribution in [0.3, 0.4) is 0 Å². The molecule has 1 aliphatic heterocycles. The van der Waals surface area contributed by atoms with Crippen LogP contribution in [0.5, 0.6) is 5.75 Å². The number of phenols is 1. The smallest absolute Gasteiger partial charge is 0.115 e. The molecular formula is C15H23NO2. The molecule has 0 spiro atoms. The van der Waals surface area contributed by atoms with Crippen molar-refractivity contribution in [2.24, 2.45) is 0 Å². The molecule has 0 unspecified atom stereocenters. The van der Waals surface area contributed by atoms with Crippen LogP contribution in [0.15, 0.2) is 24.3 Å². The summed E-state index contributed by atoms with van der Waals surface area (Å²) in [6, 6.07) is 7.56. The molecule has 100 valence electrons. The molecule has 3 atom stereocenters. The number of piperidine rings is 1. The normalized spacial score (nSPS) is 25.9. The highest BCUT2D eigenvalue weighted by molar-refractivity contribution is 5.29. The summed E-state index contributed by atoms with van der Waals surface area (Å²) >= 11 is 0. The molecule has 18 heavy (non-hydrogen) atoms. The molecule has 1 aromatic carbocycles. The van der Waals surface area contributed by atoms with Crippen LogP contribution in [0.1, 0.15) is 50.7 Å². The SMILES string of the molecule is CCC[C@H]1CCC[C@@H]([C@H](O)c2cccc(O)c2)N1. The summed E-state index contributed by atoms with van der Waals surface area (Å²) in [5.41, 5.74) is 0.796. The van der Waals surface area contributed by atoms with Gasteiger partial charge in [0.05, 0.1) is 6.10 Å². The fourth-order valence-corrected chi connectivity index (χ4v) is 2.82. The molecule has 1 heterocycles. The summed E-state index contributed by atoms with van der Waals surface area (Å²) in [6.45, 7) is 2.19. The van der Waals surface area contributed by atoms with Gasteiger partial charge in [0.15, 0.2) is 0 Å². The number of phenolic OH excluding ortho intramolecular Hbond substituents is 1. The number of aliphatic hydroxyl groups excluding tert-OH is 1. The minimum absolute atomic E-state index is 0.108. The van der Waals surface area contributed by atoms with Crippen LogP contribution in [0.4, 0.5) is 0 Å². The Labute approximate surface area is 109 Å². The minimum atomic E-state index is -0.531. The standard InChI is InChI=1S/C15H23NO2/c1-2-5-12-7-4-9-14(16-12)15(18)11-6-3-8-13(17)10-11/h3,6,8,10,12,14-18H,2,4-5,7,9H2,1H3/t12-,14-,15+/m0/s1. The van der Waals surface area contributed by atoms with Crippen molar-refractivity contribution in [1.82, 2.24) is 5.32 Å². The second-order valence-corrected chi connectivity index (χ2v) is 5.23. The second kappa shape index (κ2) is 6.21. The fraction of sp³-hybridized carbons (Fsp3) is 0.600. The topological polar surface area (TPSA) is 52.5 Å². The van der Waals surface area contributed by atoms with Crippen molar-refractivity contribution in [2.45, 2.75) is 57.2 Å². The largest absolute Gasteiger partial charge is 0.508 e. The molecule has 0 bridgehead atoms. The van der Waals surface area contributed by atoms with Crippen LogP contribution in [-0.4, -0.2) is 22.3 Å². The molecule has 0 radical (unpaired) electrons. The van der Waals surface area contributed by atoms with Gasteiger partial charge in [-0.3, -0.25) is 0 Å². The van der Waals surface area contributed by atoms with Gasteiger partial charge in [-0.2, -0.15) is 0 Å². The molecule has 1 aliphatic rings. The van der Waals surface area contributed by atoms with Crippen LogP contribution in [0, 0.1) is 0 Å². The first-order valence-corrected chi connectivity index (χ1v) is 6.93. The molecule has 0 aliphatic carbocycles. The predicted molar refractivity (Wildman–Crippen MR) is 72.5 cm³/mol. The average Bonchev–Trinajstić information content (AvgIpc) is 2.39. The highest BCUT2D eigenvalue weighted by Crippen LogP contribution is 2.27. The molecule has 1 aromatic rings. The van der Waals surface area contributed by atoms with E-state index in [1.165, 1.54) is 19.3 Å². The molecule has 3 N–H and O–H groups in total. The highest BCUT2D eigenvalue weighted by atomic mass is 16.3. The molecule has 2 rings (SSSR count). The molecule has 0 aromatic heterocycles.